The average Bonchev–Trinajstić information content (AvgIpc) is 3.50. The molecule has 0 atom stereocenters. The van der Waals surface area contributed by atoms with Gasteiger partial charge in [-0.2, -0.15) is 5.26 Å². The molecule has 1 amide bonds. The standard InChI is InChI=1S/C24H24N4O2S2/c1-15-7-2-3-9-17(15)28-22(30)20-16-8-6-10-18(16)32-21(20)26-23(28)31-13-19(29)27-24(14-25)11-4-5-12-24/h2-3,7,9H,4-6,8,10-13H2,1H3,(H,27,29). The van der Waals surface area contributed by atoms with E-state index in [4.69, 9.17) is 4.98 Å². The minimum Gasteiger partial charge on any atom is -0.337 e. The predicted molar refractivity (Wildman–Crippen MR) is 128 cm³/mol. The van der Waals surface area contributed by atoms with Gasteiger partial charge in [0.25, 0.3) is 5.56 Å². The van der Waals surface area contributed by atoms with Crippen molar-refractivity contribution in [3.05, 3.63) is 50.6 Å². The van der Waals surface area contributed by atoms with Gasteiger partial charge in [0.15, 0.2) is 5.16 Å². The van der Waals surface area contributed by atoms with Crippen LogP contribution in [0, 0.1) is 18.3 Å². The lowest BCUT2D eigenvalue weighted by molar-refractivity contribution is -0.119. The molecule has 0 saturated heterocycles. The van der Waals surface area contributed by atoms with Gasteiger partial charge in [-0.25, -0.2) is 4.98 Å². The molecule has 0 radical (unpaired) electrons. The van der Waals surface area contributed by atoms with Crippen LogP contribution in [-0.2, 0) is 17.6 Å². The number of hydrogen-bond acceptors (Lipinski definition) is 6. The first-order chi connectivity index (χ1) is 15.5. The van der Waals surface area contributed by atoms with E-state index in [0.717, 1.165) is 59.1 Å². The Labute approximate surface area is 194 Å². The summed E-state index contributed by atoms with van der Waals surface area (Å²) in [6.07, 6.45) is 6.30. The molecule has 0 unspecified atom stereocenters. The van der Waals surface area contributed by atoms with E-state index in [1.807, 2.05) is 31.2 Å². The molecule has 0 bridgehead atoms. The average molecular weight is 465 g/mol. The number of fused-ring (bicyclic) bond motifs is 3. The molecule has 2 aliphatic rings. The molecule has 164 valence electrons. The van der Waals surface area contributed by atoms with Gasteiger partial charge in [0, 0.05) is 4.88 Å². The molecule has 8 heteroatoms. The summed E-state index contributed by atoms with van der Waals surface area (Å²) in [6.45, 7) is 1.97. The van der Waals surface area contributed by atoms with Gasteiger partial charge in [-0.15, -0.1) is 11.3 Å². The smallest absolute Gasteiger partial charge is 0.267 e. The first-order valence-electron chi connectivity index (χ1n) is 11.0. The minimum absolute atomic E-state index is 0.0594. The normalized spacial score (nSPS) is 16.8. The Kier molecular flexibility index (Phi) is 5.56. The number of carbonyl (C=O) groups is 1. The number of amides is 1. The van der Waals surface area contributed by atoms with Crippen LogP contribution in [0.3, 0.4) is 0 Å². The molecule has 1 N–H and O–H groups in total. The number of thioether (sulfide) groups is 1. The van der Waals surface area contributed by atoms with Gasteiger partial charge in [-0.1, -0.05) is 30.0 Å². The van der Waals surface area contributed by atoms with Crippen LogP contribution in [0.2, 0.25) is 0 Å². The van der Waals surface area contributed by atoms with Gasteiger partial charge in [-0.05, 0) is 69.1 Å². The molecule has 1 fully saturated rings. The van der Waals surface area contributed by atoms with Crippen LogP contribution in [-0.4, -0.2) is 26.8 Å². The second kappa shape index (κ2) is 8.38. The number of para-hydroxylation sites is 1. The number of nitrogens with one attached hydrogen (secondary N) is 1. The number of carbonyl (C=O) groups excluding carboxylic acids is 1. The van der Waals surface area contributed by atoms with E-state index in [0.29, 0.717) is 18.0 Å². The fraction of sp³-hybridized carbons (Fsp3) is 0.417. The molecule has 0 spiro atoms. The lowest BCUT2D eigenvalue weighted by Crippen LogP contribution is -2.45. The van der Waals surface area contributed by atoms with Crippen molar-refractivity contribution in [1.29, 1.82) is 5.26 Å². The molecule has 3 aromatic rings. The number of rotatable bonds is 5. The molecule has 2 aliphatic carbocycles. The predicted octanol–water partition coefficient (Wildman–Crippen LogP) is 4.29. The number of nitrogens with zero attached hydrogens (tertiary/aromatic N) is 3. The third-order valence-electron chi connectivity index (χ3n) is 6.45. The van der Waals surface area contributed by atoms with Crippen molar-refractivity contribution in [3.8, 4) is 11.8 Å². The zero-order chi connectivity index (χ0) is 22.3. The highest BCUT2D eigenvalue weighted by molar-refractivity contribution is 7.99. The Morgan fingerprint density at radius 1 is 1.28 bits per heavy atom. The van der Waals surface area contributed by atoms with Crippen LogP contribution in [0.4, 0.5) is 0 Å². The maximum absolute atomic E-state index is 13.7. The van der Waals surface area contributed by atoms with Crippen LogP contribution in [0.25, 0.3) is 15.9 Å². The van der Waals surface area contributed by atoms with Crippen molar-refractivity contribution in [1.82, 2.24) is 14.9 Å². The SMILES string of the molecule is Cc1ccccc1-n1c(SCC(=O)NC2(C#N)CCCC2)nc2sc3c(c2c1=O)CCC3. The summed E-state index contributed by atoms with van der Waals surface area (Å²) < 4.78 is 1.66. The van der Waals surface area contributed by atoms with Gasteiger partial charge in [0.2, 0.25) is 5.91 Å². The second-order valence-electron chi connectivity index (χ2n) is 8.60. The molecule has 2 heterocycles. The van der Waals surface area contributed by atoms with E-state index in [2.05, 4.69) is 11.4 Å². The van der Waals surface area contributed by atoms with Crippen molar-refractivity contribution in [2.24, 2.45) is 0 Å². The van der Waals surface area contributed by atoms with E-state index in [9.17, 15) is 14.9 Å². The van der Waals surface area contributed by atoms with Crippen molar-refractivity contribution in [3.63, 3.8) is 0 Å². The van der Waals surface area contributed by atoms with Gasteiger partial charge < -0.3 is 5.32 Å². The van der Waals surface area contributed by atoms with E-state index in [1.165, 1.54) is 16.6 Å². The molecular weight excluding hydrogens is 440 g/mol. The fourth-order valence-electron chi connectivity index (χ4n) is 4.82. The van der Waals surface area contributed by atoms with Crippen LogP contribution >= 0.6 is 23.1 Å². The van der Waals surface area contributed by atoms with Crippen LogP contribution in [0.1, 0.15) is 48.1 Å². The summed E-state index contributed by atoms with van der Waals surface area (Å²) >= 11 is 2.86. The third-order valence-corrected chi connectivity index (χ3v) is 8.57. The van der Waals surface area contributed by atoms with Gasteiger partial charge in [0.05, 0.1) is 22.9 Å². The van der Waals surface area contributed by atoms with Crippen molar-refractivity contribution in [2.75, 3.05) is 5.75 Å². The number of hydrogen-bond donors (Lipinski definition) is 1. The summed E-state index contributed by atoms with van der Waals surface area (Å²) in [7, 11) is 0. The first kappa shape index (κ1) is 21.2. The van der Waals surface area contributed by atoms with Crippen LogP contribution < -0.4 is 10.9 Å². The molecule has 6 nitrogen and oxygen atoms in total. The molecule has 32 heavy (non-hydrogen) atoms. The molecule has 2 aromatic heterocycles. The summed E-state index contributed by atoms with van der Waals surface area (Å²) in [4.78, 5) is 33.3. The van der Waals surface area contributed by atoms with Gasteiger partial charge in [-0.3, -0.25) is 14.2 Å². The maximum Gasteiger partial charge on any atom is 0.267 e. The number of thiophene rings is 1. The van der Waals surface area contributed by atoms with Gasteiger partial charge in [0.1, 0.15) is 10.4 Å². The van der Waals surface area contributed by atoms with Gasteiger partial charge >= 0.3 is 0 Å². The Balaban J connectivity index is 1.53. The minimum atomic E-state index is -0.751. The molecular formula is C24H24N4O2S2. The first-order valence-corrected chi connectivity index (χ1v) is 12.8. The molecule has 0 aliphatic heterocycles. The Morgan fingerprint density at radius 3 is 2.81 bits per heavy atom. The molecule has 5 rings (SSSR count). The van der Waals surface area contributed by atoms with Crippen LogP contribution in [0.15, 0.2) is 34.2 Å². The number of aryl methyl sites for hydroxylation is 3. The maximum atomic E-state index is 13.7. The highest BCUT2D eigenvalue weighted by Gasteiger charge is 2.35. The topological polar surface area (TPSA) is 87.8 Å². The van der Waals surface area contributed by atoms with Crippen molar-refractivity contribution >= 4 is 39.2 Å². The monoisotopic (exact) mass is 464 g/mol. The highest BCUT2D eigenvalue weighted by Crippen LogP contribution is 2.36. The summed E-state index contributed by atoms with van der Waals surface area (Å²) in [5, 5.41) is 13.7. The summed E-state index contributed by atoms with van der Waals surface area (Å²) in [5.41, 5.74) is 2.10. The lowest BCUT2D eigenvalue weighted by Gasteiger charge is -2.22. The number of nitriles is 1. The zero-order valence-corrected chi connectivity index (χ0v) is 19.6. The van der Waals surface area contributed by atoms with E-state index in [-0.39, 0.29) is 17.2 Å². The summed E-state index contributed by atoms with van der Waals surface area (Å²) in [6, 6.07) is 10.0. The Bertz CT molecular complexity index is 1310. The molecule has 1 aromatic carbocycles. The zero-order valence-electron chi connectivity index (χ0n) is 17.9. The van der Waals surface area contributed by atoms with Crippen molar-refractivity contribution < 1.29 is 4.79 Å². The Hall–Kier alpha value is -2.63. The fourth-order valence-corrected chi connectivity index (χ4v) is 6.93. The number of aromatic nitrogens is 2. The number of benzene rings is 1. The van der Waals surface area contributed by atoms with Crippen LogP contribution in [0.5, 0.6) is 0 Å². The lowest BCUT2D eigenvalue weighted by atomic mass is 10.0. The second-order valence-corrected chi connectivity index (χ2v) is 10.6. The van der Waals surface area contributed by atoms with E-state index < -0.39 is 5.54 Å². The highest BCUT2D eigenvalue weighted by atomic mass is 32.2. The van der Waals surface area contributed by atoms with Crippen molar-refractivity contribution in [2.45, 2.75) is 62.6 Å². The van der Waals surface area contributed by atoms with E-state index in [1.54, 1.807) is 15.9 Å². The Morgan fingerprint density at radius 2 is 2.06 bits per heavy atom. The third kappa shape index (κ3) is 3.63. The summed E-state index contributed by atoms with van der Waals surface area (Å²) in [5.74, 6) is -0.0870. The van der Waals surface area contributed by atoms with E-state index >= 15 is 0 Å². The quantitative estimate of drug-likeness (QED) is 0.450. The molecule has 1 saturated carbocycles. The largest absolute Gasteiger partial charge is 0.337 e.